The van der Waals surface area contributed by atoms with Crippen molar-refractivity contribution in [1.82, 2.24) is 39.5 Å². The second kappa shape index (κ2) is 12.1. The lowest BCUT2D eigenvalue weighted by Crippen LogP contribution is -2.45. The fraction of sp³-hybridized carbons (Fsp3) is 0.500. The number of halogens is 1. The Hall–Kier alpha value is -2.85. The highest BCUT2D eigenvalue weighted by Crippen LogP contribution is 2.22. The second-order valence-corrected chi connectivity index (χ2v) is 9.91. The van der Waals surface area contributed by atoms with Crippen LogP contribution in [0.3, 0.4) is 0 Å². The van der Waals surface area contributed by atoms with E-state index in [4.69, 9.17) is 0 Å². The normalized spacial score (nSPS) is 18.4. The summed E-state index contributed by atoms with van der Waals surface area (Å²) in [5.41, 5.74) is 3.61. The summed E-state index contributed by atoms with van der Waals surface area (Å²) in [5.74, 6) is -0.0817. The molecule has 5 heterocycles. The molecule has 0 bridgehead atoms. The number of hydrogen-bond donors (Lipinski definition) is 0. The van der Waals surface area contributed by atoms with Gasteiger partial charge in [0.2, 0.25) is 0 Å². The maximum Gasteiger partial charge on any atom is 0.178 e. The van der Waals surface area contributed by atoms with Crippen molar-refractivity contribution in [3.63, 3.8) is 0 Å². The molecule has 8 nitrogen and oxygen atoms in total. The van der Waals surface area contributed by atoms with Crippen LogP contribution in [0.25, 0.3) is 22.9 Å². The summed E-state index contributed by atoms with van der Waals surface area (Å²) in [6.45, 7) is 17.0. The van der Waals surface area contributed by atoms with E-state index in [0.29, 0.717) is 17.2 Å². The minimum atomic E-state index is -0.484. The van der Waals surface area contributed by atoms with Crippen LogP contribution < -0.4 is 0 Å². The van der Waals surface area contributed by atoms with E-state index in [1.165, 1.54) is 6.20 Å². The van der Waals surface area contributed by atoms with E-state index in [2.05, 4.69) is 59.4 Å². The van der Waals surface area contributed by atoms with Gasteiger partial charge in [-0.2, -0.15) is 0 Å². The smallest absolute Gasteiger partial charge is 0.178 e. The molecule has 0 N–H and O–H groups in total. The van der Waals surface area contributed by atoms with E-state index < -0.39 is 5.82 Å². The number of likely N-dealkylation sites (N-methyl/N-ethyl adjacent to an activating group) is 2. The Kier molecular flexibility index (Phi) is 8.45. The Labute approximate surface area is 219 Å². The Morgan fingerprint density at radius 2 is 1.11 bits per heavy atom. The minimum Gasteiger partial charge on any atom is -0.301 e. The minimum absolute atomic E-state index is 0.202. The lowest BCUT2D eigenvalue weighted by atomic mass is 10.2. The van der Waals surface area contributed by atoms with Crippen molar-refractivity contribution in [1.29, 1.82) is 0 Å². The van der Waals surface area contributed by atoms with Crippen LogP contribution >= 0.6 is 0 Å². The highest BCUT2D eigenvalue weighted by atomic mass is 19.1. The number of hydrogen-bond acceptors (Lipinski definition) is 8. The molecule has 0 aromatic carbocycles. The topological polar surface area (TPSA) is 64.5 Å². The van der Waals surface area contributed by atoms with Crippen molar-refractivity contribution in [2.24, 2.45) is 0 Å². The van der Waals surface area contributed by atoms with E-state index in [-0.39, 0.29) is 5.69 Å². The van der Waals surface area contributed by atoms with E-state index in [1.54, 1.807) is 0 Å². The predicted octanol–water partition coefficient (Wildman–Crippen LogP) is 3.01. The molecule has 0 spiro atoms. The molecule has 2 fully saturated rings. The third-order valence-corrected chi connectivity index (χ3v) is 7.50. The van der Waals surface area contributed by atoms with Crippen molar-refractivity contribution < 1.29 is 4.39 Å². The molecule has 2 aliphatic heterocycles. The zero-order valence-electron chi connectivity index (χ0n) is 22.0. The first-order chi connectivity index (χ1) is 18.1. The monoisotopic (exact) mass is 504 g/mol. The maximum atomic E-state index is 14.7. The molecule has 0 aliphatic carbocycles. The molecule has 0 atom stereocenters. The molecule has 196 valence electrons. The number of rotatable bonds is 8. The van der Waals surface area contributed by atoms with Crippen molar-refractivity contribution >= 4 is 0 Å². The molecule has 0 unspecified atom stereocenters. The van der Waals surface area contributed by atoms with Crippen molar-refractivity contribution in [3.05, 3.63) is 59.8 Å². The van der Waals surface area contributed by atoms with Gasteiger partial charge in [0.1, 0.15) is 11.4 Å². The second-order valence-electron chi connectivity index (χ2n) is 9.91. The lowest BCUT2D eigenvalue weighted by Gasteiger charge is -2.33. The van der Waals surface area contributed by atoms with Crippen LogP contribution in [0.2, 0.25) is 0 Å². The van der Waals surface area contributed by atoms with E-state index in [1.807, 2.05) is 30.6 Å². The maximum absolute atomic E-state index is 14.7. The standard InChI is InChI=1S/C28H37FN8/c1-3-34-9-13-36(14-10-34)20-22-5-7-25(30-17-22)27-24(29)19-32-28(33-27)26-8-6-23(18-31-26)21-37-15-11-35(4-2)12-16-37/h5-8,17-19H,3-4,9-16,20-21H2,1-2H3. The number of nitrogens with zero attached hydrogens (tertiary/aromatic N) is 8. The Balaban J connectivity index is 1.23. The summed E-state index contributed by atoms with van der Waals surface area (Å²) in [5, 5.41) is 0. The summed E-state index contributed by atoms with van der Waals surface area (Å²) >= 11 is 0. The Morgan fingerprint density at radius 1 is 0.622 bits per heavy atom. The Morgan fingerprint density at radius 3 is 1.57 bits per heavy atom. The average Bonchev–Trinajstić information content (AvgIpc) is 2.95. The molecule has 2 aliphatic rings. The molecule has 0 saturated carbocycles. The summed E-state index contributed by atoms with van der Waals surface area (Å²) in [7, 11) is 0. The molecule has 3 aromatic heterocycles. The largest absolute Gasteiger partial charge is 0.301 e. The van der Waals surface area contributed by atoms with E-state index >= 15 is 0 Å². The van der Waals surface area contributed by atoms with Crippen molar-refractivity contribution in [2.45, 2.75) is 26.9 Å². The number of piperazine rings is 2. The summed E-state index contributed by atoms with van der Waals surface area (Å²) in [4.78, 5) is 27.6. The highest BCUT2D eigenvalue weighted by Gasteiger charge is 2.18. The van der Waals surface area contributed by atoms with Gasteiger partial charge in [-0.25, -0.2) is 14.4 Å². The van der Waals surface area contributed by atoms with Gasteiger partial charge in [-0.1, -0.05) is 26.0 Å². The van der Waals surface area contributed by atoms with Crippen molar-refractivity contribution in [2.75, 3.05) is 65.4 Å². The number of aromatic nitrogens is 4. The van der Waals surface area contributed by atoms with Crippen LogP contribution in [-0.2, 0) is 13.1 Å². The summed E-state index contributed by atoms with van der Waals surface area (Å²) < 4.78 is 14.7. The molecule has 0 radical (unpaired) electrons. The molecule has 5 rings (SSSR count). The first kappa shape index (κ1) is 25.8. The third kappa shape index (κ3) is 6.54. The molecular formula is C28H37FN8. The molecule has 9 heteroatoms. The SMILES string of the molecule is CCN1CCN(Cc2ccc(-c3ncc(F)c(-c4ccc(CN5CCN(CC)CC5)cn4)n3)nc2)CC1. The zero-order chi connectivity index (χ0) is 25.6. The molecular weight excluding hydrogens is 467 g/mol. The van der Waals surface area contributed by atoms with Gasteiger partial charge in [0.15, 0.2) is 11.6 Å². The Bertz CT molecular complexity index is 1140. The lowest BCUT2D eigenvalue weighted by molar-refractivity contribution is 0.132. The van der Waals surface area contributed by atoms with Gasteiger partial charge in [-0.05, 0) is 36.3 Å². The van der Waals surface area contributed by atoms with Crippen LogP contribution in [0.1, 0.15) is 25.0 Å². The van der Waals surface area contributed by atoms with Gasteiger partial charge in [0, 0.05) is 77.8 Å². The van der Waals surface area contributed by atoms with Gasteiger partial charge in [-0.15, -0.1) is 0 Å². The quantitative estimate of drug-likeness (QED) is 0.464. The molecule has 0 amide bonds. The first-order valence-electron chi connectivity index (χ1n) is 13.4. The third-order valence-electron chi connectivity index (χ3n) is 7.50. The van der Waals surface area contributed by atoms with Gasteiger partial charge in [0.25, 0.3) is 0 Å². The first-order valence-corrected chi connectivity index (χ1v) is 13.4. The van der Waals surface area contributed by atoms with Crippen LogP contribution in [0.4, 0.5) is 4.39 Å². The number of pyridine rings is 2. The summed E-state index contributed by atoms with van der Waals surface area (Å²) in [6, 6.07) is 7.85. The van der Waals surface area contributed by atoms with Crippen molar-refractivity contribution in [3.8, 4) is 22.9 Å². The zero-order valence-corrected chi connectivity index (χ0v) is 22.0. The molecule has 3 aromatic rings. The molecule has 2 saturated heterocycles. The fourth-order valence-electron chi connectivity index (χ4n) is 5.02. The van der Waals surface area contributed by atoms with Gasteiger partial charge < -0.3 is 9.80 Å². The fourth-order valence-corrected chi connectivity index (χ4v) is 5.02. The predicted molar refractivity (Wildman–Crippen MR) is 143 cm³/mol. The van der Waals surface area contributed by atoms with Crippen LogP contribution in [0.15, 0.2) is 42.9 Å². The van der Waals surface area contributed by atoms with Crippen LogP contribution in [0, 0.1) is 5.82 Å². The van der Waals surface area contributed by atoms with Crippen LogP contribution in [-0.4, -0.2) is 105 Å². The summed E-state index contributed by atoms with van der Waals surface area (Å²) in [6.07, 6.45) is 4.92. The van der Waals surface area contributed by atoms with E-state index in [0.717, 1.165) is 89.7 Å². The van der Waals surface area contributed by atoms with Gasteiger partial charge >= 0.3 is 0 Å². The van der Waals surface area contributed by atoms with Crippen LogP contribution in [0.5, 0.6) is 0 Å². The van der Waals surface area contributed by atoms with Gasteiger partial charge in [-0.3, -0.25) is 19.8 Å². The van der Waals surface area contributed by atoms with E-state index in [9.17, 15) is 4.39 Å². The molecule has 37 heavy (non-hydrogen) atoms. The highest BCUT2D eigenvalue weighted by molar-refractivity contribution is 5.59. The van der Waals surface area contributed by atoms with Gasteiger partial charge in [0.05, 0.1) is 11.9 Å². The average molecular weight is 505 g/mol.